The number of carbonyl (C=O) groups is 3. The van der Waals surface area contributed by atoms with Crippen molar-refractivity contribution in [2.24, 2.45) is 5.10 Å². The van der Waals surface area contributed by atoms with Crippen molar-refractivity contribution in [1.82, 2.24) is 5.43 Å². The first kappa shape index (κ1) is 25.8. The van der Waals surface area contributed by atoms with Crippen molar-refractivity contribution in [3.05, 3.63) is 137 Å². The zero-order valence-electron chi connectivity index (χ0n) is 20.5. The van der Waals surface area contributed by atoms with E-state index in [4.69, 9.17) is 9.47 Å². The standard InChI is InChI=1S/C31H24N2O5/c1-22-15-17-25(18-16-22)31(36)38-27-13-7-5-9-23(27)19-20-29(34)37-28-14-8-6-12-26(28)21-32-33-30(35)24-10-3-2-4-11-24/h2-21H,1H3,(H,33,35)/b20-19+,32-21-. The van der Waals surface area contributed by atoms with Crippen LogP contribution in [0.1, 0.15) is 37.4 Å². The molecule has 0 spiro atoms. The van der Waals surface area contributed by atoms with Gasteiger partial charge in [0.1, 0.15) is 11.5 Å². The largest absolute Gasteiger partial charge is 0.423 e. The Morgan fingerprint density at radius 2 is 1.29 bits per heavy atom. The minimum atomic E-state index is -0.640. The van der Waals surface area contributed by atoms with Crippen LogP contribution in [0.4, 0.5) is 0 Å². The van der Waals surface area contributed by atoms with E-state index in [1.165, 1.54) is 18.4 Å². The number of amides is 1. The fourth-order valence-corrected chi connectivity index (χ4v) is 3.35. The number of hydrazone groups is 1. The van der Waals surface area contributed by atoms with Crippen molar-refractivity contribution < 1.29 is 23.9 Å². The Labute approximate surface area is 220 Å². The van der Waals surface area contributed by atoms with E-state index in [0.717, 1.165) is 5.56 Å². The van der Waals surface area contributed by atoms with Crippen LogP contribution in [0.25, 0.3) is 6.08 Å². The first-order valence-electron chi connectivity index (χ1n) is 11.7. The summed E-state index contributed by atoms with van der Waals surface area (Å²) in [6.45, 7) is 1.93. The van der Waals surface area contributed by atoms with E-state index in [1.807, 2.05) is 25.1 Å². The number of rotatable bonds is 8. The highest BCUT2D eigenvalue weighted by atomic mass is 16.5. The molecule has 0 atom stereocenters. The van der Waals surface area contributed by atoms with Crippen LogP contribution in [0.3, 0.4) is 0 Å². The van der Waals surface area contributed by atoms with Gasteiger partial charge in [-0.15, -0.1) is 0 Å². The maximum atomic E-state index is 12.6. The monoisotopic (exact) mass is 504 g/mol. The third-order valence-electron chi connectivity index (χ3n) is 5.34. The van der Waals surface area contributed by atoms with Gasteiger partial charge in [-0.2, -0.15) is 5.10 Å². The fraction of sp³-hybridized carbons (Fsp3) is 0.0323. The highest BCUT2D eigenvalue weighted by molar-refractivity contribution is 5.96. The van der Waals surface area contributed by atoms with Crippen LogP contribution in [0.5, 0.6) is 11.5 Å². The van der Waals surface area contributed by atoms with Crippen molar-refractivity contribution in [3.63, 3.8) is 0 Å². The number of ether oxygens (including phenoxy) is 2. The van der Waals surface area contributed by atoms with Crippen LogP contribution in [-0.4, -0.2) is 24.1 Å². The number of nitrogens with zero attached hydrogens (tertiary/aromatic N) is 1. The molecular formula is C31H24N2O5. The molecule has 0 saturated carbocycles. The minimum Gasteiger partial charge on any atom is -0.423 e. The summed E-state index contributed by atoms with van der Waals surface area (Å²) in [5.74, 6) is -0.927. The topological polar surface area (TPSA) is 94.1 Å². The average Bonchev–Trinajstić information content (AvgIpc) is 2.94. The molecule has 0 aliphatic carbocycles. The lowest BCUT2D eigenvalue weighted by atomic mass is 10.1. The molecule has 7 heteroatoms. The molecule has 0 heterocycles. The molecule has 4 aromatic carbocycles. The first-order chi connectivity index (χ1) is 18.5. The second-order valence-corrected chi connectivity index (χ2v) is 8.15. The predicted octanol–water partition coefficient (Wildman–Crippen LogP) is 5.60. The van der Waals surface area contributed by atoms with Crippen molar-refractivity contribution in [1.29, 1.82) is 0 Å². The molecule has 0 unspecified atom stereocenters. The quantitative estimate of drug-likeness (QED) is 0.111. The summed E-state index contributed by atoms with van der Waals surface area (Å²) in [4.78, 5) is 37.2. The van der Waals surface area contributed by atoms with E-state index in [0.29, 0.717) is 28.0 Å². The van der Waals surface area contributed by atoms with E-state index in [-0.39, 0.29) is 11.7 Å². The average molecular weight is 505 g/mol. The van der Waals surface area contributed by atoms with Gasteiger partial charge in [-0.25, -0.2) is 15.0 Å². The normalized spacial score (nSPS) is 10.9. The molecule has 38 heavy (non-hydrogen) atoms. The lowest BCUT2D eigenvalue weighted by molar-refractivity contribution is -0.128. The number of carbonyl (C=O) groups excluding carboxylic acids is 3. The summed E-state index contributed by atoms with van der Waals surface area (Å²) in [6, 6.07) is 29.4. The predicted molar refractivity (Wildman–Crippen MR) is 145 cm³/mol. The Morgan fingerprint density at radius 3 is 2.00 bits per heavy atom. The molecule has 0 aliphatic rings. The summed E-state index contributed by atoms with van der Waals surface area (Å²) >= 11 is 0. The summed E-state index contributed by atoms with van der Waals surface area (Å²) in [7, 11) is 0. The molecule has 0 saturated heterocycles. The Hall–Kier alpha value is -5.30. The number of esters is 2. The maximum absolute atomic E-state index is 12.6. The second kappa shape index (κ2) is 12.6. The van der Waals surface area contributed by atoms with Gasteiger partial charge < -0.3 is 9.47 Å². The third kappa shape index (κ3) is 7.11. The van der Waals surface area contributed by atoms with E-state index < -0.39 is 11.9 Å². The summed E-state index contributed by atoms with van der Waals surface area (Å²) in [5.41, 5.74) is 5.40. The Bertz CT molecular complexity index is 1490. The van der Waals surface area contributed by atoms with Crippen LogP contribution >= 0.6 is 0 Å². The van der Waals surface area contributed by atoms with Gasteiger partial charge in [0, 0.05) is 22.8 Å². The number of para-hydroxylation sites is 2. The molecule has 0 aromatic heterocycles. The van der Waals surface area contributed by atoms with Crippen molar-refractivity contribution in [3.8, 4) is 11.5 Å². The van der Waals surface area contributed by atoms with E-state index in [9.17, 15) is 14.4 Å². The maximum Gasteiger partial charge on any atom is 0.343 e. The van der Waals surface area contributed by atoms with Gasteiger partial charge in [-0.1, -0.05) is 66.2 Å². The van der Waals surface area contributed by atoms with Crippen LogP contribution in [0, 0.1) is 6.92 Å². The molecule has 1 amide bonds. The molecule has 4 rings (SSSR count). The number of hydrogen-bond acceptors (Lipinski definition) is 6. The number of aryl methyl sites for hydroxylation is 1. The molecule has 1 N–H and O–H groups in total. The van der Waals surface area contributed by atoms with E-state index in [2.05, 4.69) is 10.5 Å². The molecule has 7 nitrogen and oxygen atoms in total. The van der Waals surface area contributed by atoms with Crippen molar-refractivity contribution in [2.75, 3.05) is 0 Å². The molecule has 0 aliphatic heterocycles. The van der Waals surface area contributed by atoms with Crippen LogP contribution in [0.15, 0.2) is 114 Å². The SMILES string of the molecule is Cc1ccc(C(=O)Oc2ccccc2/C=C/C(=O)Oc2ccccc2/C=N\NC(=O)c2ccccc2)cc1. The van der Waals surface area contributed by atoms with Gasteiger partial charge in [-0.05, 0) is 55.5 Å². The van der Waals surface area contributed by atoms with Crippen LogP contribution < -0.4 is 14.9 Å². The highest BCUT2D eigenvalue weighted by Gasteiger charge is 2.11. The summed E-state index contributed by atoms with van der Waals surface area (Å²) < 4.78 is 11.0. The molecule has 0 bridgehead atoms. The van der Waals surface area contributed by atoms with Gasteiger partial charge >= 0.3 is 11.9 Å². The Balaban J connectivity index is 1.40. The smallest absolute Gasteiger partial charge is 0.343 e. The third-order valence-corrected chi connectivity index (χ3v) is 5.34. The molecule has 188 valence electrons. The Morgan fingerprint density at radius 1 is 0.684 bits per heavy atom. The Kier molecular flexibility index (Phi) is 8.55. The van der Waals surface area contributed by atoms with Gasteiger partial charge in [0.25, 0.3) is 5.91 Å². The van der Waals surface area contributed by atoms with Gasteiger partial charge in [-0.3, -0.25) is 4.79 Å². The zero-order chi connectivity index (χ0) is 26.7. The van der Waals surface area contributed by atoms with Crippen LogP contribution in [0.2, 0.25) is 0 Å². The number of benzene rings is 4. The zero-order valence-corrected chi connectivity index (χ0v) is 20.5. The van der Waals surface area contributed by atoms with Crippen LogP contribution in [-0.2, 0) is 4.79 Å². The minimum absolute atomic E-state index is 0.263. The van der Waals surface area contributed by atoms with Gasteiger partial charge in [0.15, 0.2) is 0 Å². The summed E-state index contributed by atoms with van der Waals surface area (Å²) in [5, 5.41) is 3.97. The summed E-state index contributed by atoms with van der Waals surface area (Å²) in [6.07, 6.45) is 4.15. The van der Waals surface area contributed by atoms with Gasteiger partial charge in [0.05, 0.1) is 11.8 Å². The molecule has 0 fully saturated rings. The van der Waals surface area contributed by atoms with Crippen molar-refractivity contribution >= 4 is 30.1 Å². The number of nitrogens with one attached hydrogen (secondary N) is 1. The van der Waals surface area contributed by atoms with E-state index in [1.54, 1.807) is 84.9 Å². The van der Waals surface area contributed by atoms with Crippen molar-refractivity contribution in [2.45, 2.75) is 6.92 Å². The first-order valence-corrected chi connectivity index (χ1v) is 11.7. The fourth-order valence-electron chi connectivity index (χ4n) is 3.35. The van der Waals surface area contributed by atoms with Gasteiger partial charge in [0.2, 0.25) is 0 Å². The highest BCUT2D eigenvalue weighted by Crippen LogP contribution is 2.22. The lowest BCUT2D eigenvalue weighted by Crippen LogP contribution is -2.17. The van der Waals surface area contributed by atoms with E-state index >= 15 is 0 Å². The number of hydrogen-bond donors (Lipinski definition) is 1. The molecule has 4 aromatic rings. The molecule has 0 radical (unpaired) electrons. The lowest BCUT2D eigenvalue weighted by Gasteiger charge is -2.08. The molecular weight excluding hydrogens is 480 g/mol. The second-order valence-electron chi connectivity index (χ2n) is 8.15.